The monoisotopic (exact) mass is 347 g/mol. The molecule has 0 atom stereocenters. The highest BCUT2D eigenvalue weighted by molar-refractivity contribution is 6.30. The molecule has 0 aliphatic rings. The summed E-state index contributed by atoms with van der Waals surface area (Å²) in [5.74, 6) is -0.468. The van der Waals surface area contributed by atoms with Crippen molar-refractivity contribution in [3.8, 4) is 11.5 Å². The largest absolute Gasteiger partial charge is 0.493 e. The van der Waals surface area contributed by atoms with Crippen LogP contribution < -0.4 is 9.47 Å². The predicted molar refractivity (Wildman–Crippen MR) is 88.8 cm³/mol. The quantitative estimate of drug-likeness (QED) is 0.272. The maximum absolute atomic E-state index is 12.1. The Bertz CT molecular complexity index is 771. The first-order valence-corrected chi connectivity index (χ1v) is 7.24. The van der Waals surface area contributed by atoms with Crippen LogP contribution in [0.1, 0.15) is 22.8 Å². The van der Waals surface area contributed by atoms with Crippen molar-refractivity contribution in [2.75, 3.05) is 7.11 Å². The first-order chi connectivity index (χ1) is 11.5. The van der Waals surface area contributed by atoms with E-state index in [1.54, 1.807) is 42.5 Å². The Morgan fingerprint density at radius 3 is 2.42 bits per heavy atom. The Hall–Kier alpha value is -2.86. The molecule has 0 aromatic heterocycles. The molecular weight excluding hydrogens is 334 g/mol. The first kappa shape index (κ1) is 17.5. The number of oxime groups is 1. The molecule has 124 valence electrons. The number of benzene rings is 2. The lowest BCUT2D eigenvalue weighted by molar-refractivity contribution is -0.140. The molecule has 7 heteroatoms. The first-order valence-electron chi connectivity index (χ1n) is 6.86. The third-order valence-electron chi connectivity index (χ3n) is 2.85. The van der Waals surface area contributed by atoms with Crippen molar-refractivity contribution in [1.82, 2.24) is 0 Å². The molecule has 0 fully saturated rings. The summed E-state index contributed by atoms with van der Waals surface area (Å²) in [5, 5.41) is 4.04. The number of carbonyl (C=O) groups is 2. The van der Waals surface area contributed by atoms with E-state index in [0.717, 1.165) is 0 Å². The van der Waals surface area contributed by atoms with Gasteiger partial charge in [-0.2, -0.15) is 0 Å². The fourth-order valence-corrected chi connectivity index (χ4v) is 1.88. The molecule has 0 heterocycles. The fraction of sp³-hybridized carbons (Fsp3) is 0.118. The van der Waals surface area contributed by atoms with Crippen LogP contribution in [0.2, 0.25) is 5.02 Å². The predicted octanol–water partition coefficient (Wildman–Crippen LogP) is 3.46. The molecule has 0 spiro atoms. The Morgan fingerprint density at radius 2 is 1.79 bits per heavy atom. The topological polar surface area (TPSA) is 74.2 Å². The number of ether oxygens (including phenoxy) is 2. The van der Waals surface area contributed by atoms with Gasteiger partial charge in [-0.1, -0.05) is 16.8 Å². The summed E-state index contributed by atoms with van der Waals surface area (Å²) in [4.78, 5) is 27.3. The Morgan fingerprint density at radius 1 is 1.08 bits per heavy atom. The molecule has 0 unspecified atom stereocenters. The van der Waals surface area contributed by atoms with Gasteiger partial charge in [0.1, 0.15) is 0 Å². The van der Waals surface area contributed by atoms with E-state index < -0.39 is 11.9 Å². The zero-order valence-electron chi connectivity index (χ0n) is 13.0. The molecule has 0 aliphatic heterocycles. The molecule has 2 aromatic carbocycles. The lowest BCUT2D eigenvalue weighted by Crippen LogP contribution is -2.09. The van der Waals surface area contributed by atoms with Gasteiger partial charge in [-0.25, -0.2) is 9.59 Å². The Labute approximate surface area is 143 Å². The highest BCUT2D eigenvalue weighted by Crippen LogP contribution is 2.28. The fourth-order valence-electron chi connectivity index (χ4n) is 1.75. The third kappa shape index (κ3) is 4.82. The van der Waals surface area contributed by atoms with E-state index >= 15 is 0 Å². The highest BCUT2D eigenvalue weighted by Gasteiger charge is 2.12. The lowest BCUT2D eigenvalue weighted by Gasteiger charge is -2.10. The van der Waals surface area contributed by atoms with E-state index in [4.69, 9.17) is 21.1 Å². The van der Waals surface area contributed by atoms with E-state index in [9.17, 15) is 9.59 Å². The van der Waals surface area contributed by atoms with Gasteiger partial charge >= 0.3 is 11.9 Å². The van der Waals surface area contributed by atoms with Crippen molar-refractivity contribution in [2.45, 2.75) is 6.92 Å². The number of hydrogen-bond donors (Lipinski definition) is 0. The van der Waals surface area contributed by atoms with Crippen LogP contribution in [0.25, 0.3) is 0 Å². The second-order valence-electron chi connectivity index (χ2n) is 4.62. The van der Waals surface area contributed by atoms with Crippen molar-refractivity contribution in [2.24, 2.45) is 5.16 Å². The van der Waals surface area contributed by atoms with E-state index in [1.807, 2.05) is 0 Å². The van der Waals surface area contributed by atoms with E-state index in [2.05, 4.69) is 9.99 Å². The van der Waals surface area contributed by atoms with Gasteiger partial charge in [-0.05, 0) is 42.5 Å². The molecule has 6 nitrogen and oxygen atoms in total. The number of rotatable bonds is 5. The molecule has 2 rings (SSSR count). The minimum Gasteiger partial charge on any atom is -0.493 e. The van der Waals surface area contributed by atoms with Crippen LogP contribution in [-0.4, -0.2) is 25.3 Å². The molecule has 0 bridgehead atoms. The summed E-state index contributed by atoms with van der Waals surface area (Å²) >= 11 is 5.79. The second-order valence-corrected chi connectivity index (χ2v) is 5.06. The second kappa shape index (κ2) is 8.12. The average molecular weight is 348 g/mol. The van der Waals surface area contributed by atoms with Crippen molar-refractivity contribution in [3.63, 3.8) is 0 Å². The molecule has 0 aliphatic carbocycles. The number of hydrogen-bond acceptors (Lipinski definition) is 6. The number of halogens is 1. The van der Waals surface area contributed by atoms with Gasteiger partial charge in [0.25, 0.3) is 0 Å². The Kier molecular flexibility index (Phi) is 5.92. The third-order valence-corrected chi connectivity index (χ3v) is 3.11. The van der Waals surface area contributed by atoms with Crippen molar-refractivity contribution in [1.29, 1.82) is 0 Å². The molecule has 0 saturated heterocycles. The van der Waals surface area contributed by atoms with Gasteiger partial charge in [0.2, 0.25) is 0 Å². The van der Waals surface area contributed by atoms with Gasteiger partial charge in [-0.15, -0.1) is 0 Å². The normalized spacial score (nSPS) is 10.5. The maximum atomic E-state index is 12.1. The molecule has 0 N–H and O–H groups in total. The summed E-state index contributed by atoms with van der Waals surface area (Å²) in [6, 6.07) is 11.1. The van der Waals surface area contributed by atoms with Gasteiger partial charge in [0, 0.05) is 17.5 Å². The molecule has 0 radical (unpaired) electrons. The van der Waals surface area contributed by atoms with E-state index in [1.165, 1.54) is 20.2 Å². The van der Waals surface area contributed by atoms with Crippen molar-refractivity contribution < 1.29 is 23.9 Å². The van der Waals surface area contributed by atoms with Crippen molar-refractivity contribution in [3.05, 3.63) is 58.6 Å². The SMILES string of the molecule is COc1cc(/C=N\OC(C)=O)ccc1OC(=O)c1ccc(Cl)cc1. The zero-order chi connectivity index (χ0) is 17.5. The van der Waals surface area contributed by atoms with Crippen molar-refractivity contribution >= 4 is 29.8 Å². The van der Waals surface area contributed by atoms with Crippen LogP contribution in [0.4, 0.5) is 0 Å². The minimum absolute atomic E-state index is 0.252. The zero-order valence-corrected chi connectivity index (χ0v) is 13.7. The number of carbonyl (C=O) groups excluding carboxylic acids is 2. The number of methoxy groups -OCH3 is 1. The summed E-state index contributed by atoms with van der Waals surface area (Å²) < 4.78 is 10.5. The average Bonchev–Trinajstić information content (AvgIpc) is 2.56. The van der Waals surface area contributed by atoms with Crippen LogP contribution in [-0.2, 0) is 9.63 Å². The number of esters is 1. The molecule has 24 heavy (non-hydrogen) atoms. The molecule has 2 aromatic rings. The van der Waals surface area contributed by atoms with Crippen LogP contribution in [0, 0.1) is 0 Å². The van der Waals surface area contributed by atoms with Crippen LogP contribution >= 0.6 is 11.6 Å². The van der Waals surface area contributed by atoms with Gasteiger partial charge in [0.05, 0.1) is 18.9 Å². The molecular formula is C17H14ClNO5. The molecule has 0 amide bonds. The highest BCUT2D eigenvalue weighted by atomic mass is 35.5. The minimum atomic E-state index is -0.536. The standard InChI is InChI=1S/C17H14ClNO5/c1-11(20)24-19-10-12-3-8-15(16(9-12)22-2)23-17(21)13-4-6-14(18)7-5-13/h3-10H,1-2H3/b19-10-. The smallest absolute Gasteiger partial charge is 0.343 e. The van der Waals surface area contributed by atoms with Gasteiger partial charge < -0.3 is 14.3 Å². The lowest BCUT2D eigenvalue weighted by atomic mass is 10.2. The molecule has 0 saturated carbocycles. The van der Waals surface area contributed by atoms with Crippen LogP contribution in [0.5, 0.6) is 11.5 Å². The number of nitrogens with zero attached hydrogens (tertiary/aromatic N) is 1. The summed E-state index contributed by atoms with van der Waals surface area (Å²) in [7, 11) is 1.45. The van der Waals surface area contributed by atoms with E-state index in [0.29, 0.717) is 21.9 Å². The Balaban J connectivity index is 2.15. The van der Waals surface area contributed by atoms with E-state index in [-0.39, 0.29) is 5.75 Å². The van der Waals surface area contributed by atoms with Gasteiger partial charge in [0.15, 0.2) is 11.5 Å². The van der Waals surface area contributed by atoms with Gasteiger partial charge in [-0.3, -0.25) is 0 Å². The van der Waals surface area contributed by atoms with Crippen LogP contribution in [0.3, 0.4) is 0 Å². The summed E-state index contributed by atoms with van der Waals surface area (Å²) in [6.07, 6.45) is 1.34. The maximum Gasteiger partial charge on any atom is 0.343 e. The van der Waals surface area contributed by atoms with Crippen LogP contribution in [0.15, 0.2) is 47.6 Å². The summed E-state index contributed by atoms with van der Waals surface area (Å²) in [6.45, 7) is 1.25. The summed E-state index contributed by atoms with van der Waals surface area (Å²) in [5.41, 5.74) is 0.973.